The number of hydrogen-bond donors (Lipinski definition) is 4. The molecule has 0 radical (unpaired) electrons. The minimum atomic E-state index is -0.814. The number of fused-ring (bicyclic) bond motifs is 4. The maximum atomic E-state index is 14.4. The molecule has 6 N–H and O–H groups in total. The highest BCUT2D eigenvalue weighted by atomic mass is 19.1. The zero-order valence-corrected chi connectivity index (χ0v) is 36.7. The summed E-state index contributed by atoms with van der Waals surface area (Å²) in [5.74, 6) is -1.69. The number of rotatable bonds is 11. The van der Waals surface area contributed by atoms with Crippen molar-refractivity contribution in [3.8, 4) is 17.9 Å². The van der Waals surface area contributed by atoms with Gasteiger partial charge in [0.05, 0.1) is 40.7 Å². The van der Waals surface area contributed by atoms with Crippen molar-refractivity contribution in [2.75, 3.05) is 54.7 Å². The van der Waals surface area contributed by atoms with Crippen LogP contribution in [-0.4, -0.2) is 80.2 Å². The summed E-state index contributed by atoms with van der Waals surface area (Å²) in [7, 11) is 5.30. The van der Waals surface area contributed by atoms with Crippen LogP contribution in [0, 0.1) is 30.2 Å². The van der Waals surface area contributed by atoms with E-state index in [1.165, 1.54) is 48.1 Å². The first-order valence-corrected chi connectivity index (χ1v) is 21.1. The van der Waals surface area contributed by atoms with Crippen LogP contribution in [0.15, 0.2) is 78.9 Å². The van der Waals surface area contributed by atoms with E-state index in [2.05, 4.69) is 25.5 Å². The number of methoxy groups -OCH3 is 1. The Morgan fingerprint density at radius 2 is 1.15 bits per heavy atom. The molecule has 2 aliphatic heterocycles. The molecule has 0 atom stereocenters. The molecule has 16 nitrogen and oxygen atoms in total. The number of carbonyl (C=O) groups is 2. The molecule has 67 heavy (non-hydrogen) atoms. The molecule has 2 aliphatic rings. The number of ether oxygens (including phenoxy) is 1. The lowest BCUT2D eigenvalue weighted by Gasteiger charge is -2.18. The van der Waals surface area contributed by atoms with E-state index >= 15 is 0 Å². The molecular formula is C47H43F4N13O3. The van der Waals surface area contributed by atoms with Crippen molar-refractivity contribution in [1.82, 2.24) is 34.1 Å². The van der Waals surface area contributed by atoms with Crippen molar-refractivity contribution in [3.05, 3.63) is 141 Å². The Balaban J connectivity index is 0.000000168. The standard InChI is InChI=1S/C24H22F2N6O.C23H21F2N7O2/c1-13-8-17-18(22(27)33)10-16(26)11-20(17)32(13)24-29-19-6-7-31(2)21(19)23(30-24)28-12-14-4-3-5-15(25)9-14;1-31-7-6-16-19(31)21(27-11-12-4-3-5-13(24)8-12)30-22(28-16)32-17-10-14(25)9-15(20(26)33)18(17)29-23(32)34-2/h3-5,8-11H,6-7,12H2,1-2H3,(H2,27,33)(H,28,29,30);3-5,8-10H,6-7,11H2,1-2H3,(H2,26,33)(H,27,28,30). The van der Waals surface area contributed by atoms with E-state index in [1.54, 1.807) is 22.8 Å². The summed E-state index contributed by atoms with van der Waals surface area (Å²) >= 11 is 0. The minimum Gasteiger partial charge on any atom is -0.468 e. The average Bonchev–Trinajstić information content (AvgIpc) is 4.06. The van der Waals surface area contributed by atoms with Gasteiger partial charge >= 0.3 is 6.01 Å². The van der Waals surface area contributed by atoms with Crippen LogP contribution >= 0.6 is 0 Å². The van der Waals surface area contributed by atoms with E-state index < -0.39 is 23.4 Å². The topological polar surface area (TPSA) is 200 Å². The third-order valence-corrected chi connectivity index (χ3v) is 11.6. The largest absolute Gasteiger partial charge is 0.468 e. The Bertz CT molecular complexity index is 3280. The summed E-state index contributed by atoms with van der Waals surface area (Å²) < 4.78 is 64.5. The number of aromatic nitrogens is 7. The first kappa shape index (κ1) is 43.9. The van der Waals surface area contributed by atoms with Gasteiger partial charge in [-0.15, -0.1) is 0 Å². The number of aryl methyl sites for hydroxylation is 1. The first-order valence-electron chi connectivity index (χ1n) is 21.1. The van der Waals surface area contributed by atoms with Gasteiger partial charge in [-0.1, -0.05) is 24.3 Å². The second-order valence-electron chi connectivity index (χ2n) is 16.1. The Hall–Kier alpha value is -8.29. The molecule has 0 aliphatic carbocycles. The summed E-state index contributed by atoms with van der Waals surface area (Å²) in [4.78, 5) is 51.1. The Morgan fingerprint density at radius 1 is 0.642 bits per heavy atom. The van der Waals surface area contributed by atoms with Gasteiger partial charge in [0.15, 0.2) is 11.6 Å². The first-order chi connectivity index (χ1) is 32.2. The Kier molecular flexibility index (Phi) is 11.5. The number of imidazole rings is 1. The van der Waals surface area contributed by atoms with Crippen LogP contribution in [0.5, 0.6) is 6.01 Å². The highest BCUT2D eigenvalue weighted by Crippen LogP contribution is 2.37. The number of nitrogens with two attached hydrogens (primary N) is 2. The van der Waals surface area contributed by atoms with Gasteiger partial charge in [-0.25, -0.2) is 32.1 Å². The molecule has 20 heteroatoms. The molecule has 0 bridgehead atoms. The van der Waals surface area contributed by atoms with Crippen molar-refractivity contribution in [3.63, 3.8) is 0 Å². The fourth-order valence-electron chi connectivity index (χ4n) is 8.52. The summed E-state index contributed by atoms with van der Waals surface area (Å²) in [6.45, 7) is 4.07. The lowest BCUT2D eigenvalue weighted by molar-refractivity contribution is 0.0993. The van der Waals surface area contributed by atoms with Crippen molar-refractivity contribution in [2.45, 2.75) is 32.9 Å². The molecule has 4 aromatic heterocycles. The molecule has 10 rings (SSSR count). The lowest BCUT2D eigenvalue weighted by Crippen LogP contribution is -2.16. The van der Waals surface area contributed by atoms with Gasteiger partial charge < -0.3 is 36.6 Å². The molecule has 0 fully saturated rings. The van der Waals surface area contributed by atoms with Crippen molar-refractivity contribution >= 4 is 56.8 Å². The van der Waals surface area contributed by atoms with Gasteiger partial charge in [-0.3, -0.25) is 14.2 Å². The van der Waals surface area contributed by atoms with E-state index in [0.717, 1.165) is 71.2 Å². The van der Waals surface area contributed by atoms with Crippen molar-refractivity contribution in [2.24, 2.45) is 11.5 Å². The smallest absolute Gasteiger partial charge is 0.304 e. The molecule has 0 saturated heterocycles. The normalized spacial score (nSPS) is 12.8. The molecular weight excluding hydrogens is 871 g/mol. The van der Waals surface area contributed by atoms with E-state index in [0.29, 0.717) is 48.0 Å². The number of primary amides is 2. The minimum absolute atomic E-state index is 0.0719. The highest BCUT2D eigenvalue weighted by molar-refractivity contribution is 6.06. The quantitative estimate of drug-likeness (QED) is 0.103. The molecule has 6 heterocycles. The van der Waals surface area contributed by atoms with E-state index in [4.69, 9.17) is 31.2 Å². The van der Waals surface area contributed by atoms with E-state index in [9.17, 15) is 27.2 Å². The predicted octanol–water partition coefficient (Wildman–Crippen LogP) is 6.52. The molecule has 0 saturated carbocycles. The number of halogens is 4. The number of benzene rings is 4. The summed E-state index contributed by atoms with van der Waals surface area (Å²) in [6, 6.07) is 19.2. The summed E-state index contributed by atoms with van der Waals surface area (Å²) in [6.07, 6.45) is 1.40. The number of anilines is 4. The Morgan fingerprint density at radius 3 is 1.66 bits per heavy atom. The number of nitrogens with zero attached hydrogens (tertiary/aromatic N) is 9. The van der Waals surface area contributed by atoms with Gasteiger partial charge in [0, 0.05) is 70.3 Å². The van der Waals surface area contributed by atoms with Crippen molar-refractivity contribution < 1.29 is 31.9 Å². The maximum absolute atomic E-state index is 14.4. The van der Waals surface area contributed by atoms with Crippen LogP contribution in [0.25, 0.3) is 33.8 Å². The molecule has 342 valence electrons. The third-order valence-electron chi connectivity index (χ3n) is 11.6. The summed E-state index contributed by atoms with van der Waals surface area (Å²) in [5.41, 5.74) is 17.4. The SMILES string of the molecule is COc1nc2c(C(N)=O)cc(F)cc2n1-c1nc2c(c(NCc3cccc(F)c3)n1)N(C)CC2.Cc1cc2c(C(N)=O)cc(F)cc2n1-c1nc2c(c(NCc3cccc(F)c3)n1)N(C)CC2. The summed E-state index contributed by atoms with van der Waals surface area (Å²) in [5, 5.41) is 7.11. The van der Waals surface area contributed by atoms with Crippen LogP contribution in [-0.2, 0) is 25.9 Å². The Labute approximate surface area is 380 Å². The van der Waals surface area contributed by atoms with Gasteiger partial charge in [-0.05, 0) is 66.6 Å². The monoisotopic (exact) mass is 913 g/mol. The fourth-order valence-corrected chi connectivity index (χ4v) is 8.52. The van der Waals surface area contributed by atoms with Crippen LogP contribution in [0.2, 0.25) is 0 Å². The molecule has 0 spiro atoms. The molecule has 0 unspecified atom stereocenters. The predicted molar refractivity (Wildman–Crippen MR) is 245 cm³/mol. The van der Waals surface area contributed by atoms with E-state index in [1.807, 2.05) is 38.1 Å². The molecule has 2 amide bonds. The highest BCUT2D eigenvalue weighted by Gasteiger charge is 2.29. The zero-order chi connectivity index (χ0) is 47.3. The maximum Gasteiger partial charge on any atom is 0.304 e. The second kappa shape index (κ2) is 17.6. The number of nitrogens with one attached hydrogen (secondary N) is 2. The van der Waals surface area contributed by atoms with Crippen LogP contribution < -0.4 is 36.6 Å². The number of carbonyl (C=O) groups excluding carboxylic acids is 2. The van der Waals surface area contributed by atoms with Gasteiger partial charge in [-0.2, -0.15) is 15.0 Å². The lowest BCUT2D eigenvalue weighted by atomic mass is 10.1. The third kappa shape index (κ3) is 8.44. The van der Waals surface area contributed by atoms with Crippen LogP contribution in [0.4, 0.5) is 40.6 Å². The average molecular weight is 914 g/mol. The number of likely N-dealkylation sites (N-methyl/N-ethyl adjacent to an activating group) is 2. The van der Waals surface area contributed by atoms with Gasteiger partial charge in [0.25, 0.3) is 5.91 Å². The van der Waals surface area contributed by atoms with Gasteiger partial charge in [0.2, 0.25) is 17.8 Å². The number of amides is 2. The zero-order valence-electron chi connectivity index (χ0n) is 36.7. The molecule has 8 aromatic rings. The van der Waals surface area contributed by atoms with Crippen LogP contribution in [0.3, 0.4) is 0 Å². The van der Waals surface area contributed by atoms with Gasteiger partial charge in [0.1, 0.15) is 40.2 Å². The van der Waals surface area contributed by atoms with Crippen molar-refractivity contribution in [1.29, 1.82) is 0 Å². The molecule has 4 aromatic carbocycles. The van der Waals surface area contributed by atoms with E-state index in [-0.39, 0.29) is 45.8 Å². The second-order valence-corrected chi connectivity index (χ2v) is 16.1. The fraction of sp³-hybridized carbons (Fsp3) is 0.213. The number of hydrogen-bond acceptors (Lipinski definition) is 12. The van der Waals surface area contributed by atoms with Crippen LogP contribution in [0.1, 0.15) is 48.9 Å².